The Hall–Kier alpha value is -2.00. The second-order valence-electron chi connectivity index (χ2n) is 5.05. The van der Waals surface area contributed by atoms with Crippen LogP contribution in [0.15, 0.2) is 48.5 Å². The molecule has 1 atom stereocenters. The lowest BCUT2D eigenvalue weighted by Crippen LogP contribution is -2.23. The lowest BCUT2D eigenvalue weighted by Gasteiger charge is -2.26. The van der Waals surface area contributed by atoms with Gasteiger partial charge in [-0.1, -0.05) is 18.2 Å². The highest BCUT2D eigenvalue weighted by molar-refractivity contribution is 5.67. The Balaban J connectivity index is 1.96. The van der Waals surface area contributed by atoms with Crippen molar-refractivity contribution in [2.45, 2.75) is 13.0 Å². The van der Waals surface area contributed by atoms with Crippen molar-refractivity contribution >= 4 is 11.4 Å². The molecule has 20 heavy (non-hydrogen) atoms. The summed E-state index contributed by atoms with van der Waals surface area (Å²) in [6.45, 7) is 3.86. The van der Waals surface area contributed by atoms with Crippen molar-refractivity contribution in [2.24, 2.45) is 0 Å². The summed E-state index contributed by atoms with van der Waals surface area (Å²) in [6, 6.07) is 16.6. The van der Waals surface area contributed by atoms with E-state index in [4.69, 9.17) is 9.47 Å². The van der Waals surface area contributed by atoms with Crippen molar-refractivity contribution in [3.05, 3.63) is 54.1 Å². The van der Waals surface area contributed by atoms with E-state index in [0.717, 1.165) is 18.9 Å². The first-order valence-electron chi connectivity index (χ1n) is 6.87. The summed E-state index contributed by atoms with van der Waals surface area (Å²) in [6.07, 6.45) is 0.344. The molecule has 1 fully saturated rings. The predicted octanol–water partition coefficient (Wildman–Crippen LogP) is 3.54. The summed E-state index contributed by atoms with van der Waals surface area (Å²) < 4.78 is 10.7. The van der Waals surface area contributed by atoms with Gasteiger partial charge in [-0.2, -0.15) is 0 Å². The minimum Gasteiger partial charge on any atom is -0.497 e. The SMILES string of the molecule is COc1ccc(N(C[C@@H]2CO2)c2ccccc2)c(C)c1. The number of rotatable bonds is 5. The van der Waals surface area contributed by atoms with Crippen molar-refractivity contribution in [1.82, 2.24) is 0 Å². The first-order valence-corrected chi connectivity index (χ1v) is 6.87. The van der Waals surface area contributed by atoms with Gasteiger partial charge in [0.2, 0.25) is 0 Å². The molecule has 3 heteroatoms. The zero-order valence-electron chi connectivity index (χ0n) is 11.9. The first-order chi connectivity index (χ1) is 9.78. The van der Waals surface area contributed by atoms with Gasteiger partial charge in [-0.15, -0.1) is 0 Å². The van der Waals surface area contributed by atoms with Crippen LogP contribution in [0, 0.1) is 6.92 Å². The lowest BCUT2D eigenvalue weighted by atomic mass is 10.1. The number of nitrogens with zero attached hydrogens (tertiary/aromatic N) is 1. The topological polar surface area (TPSA) is 25.0 Å². The molecule has 0 radical (unpaired) electrons. The summed E-state index contributed by atoms with van der Waals surface area (Å²) >= 11 is 0. The molecule has 3 nitrogen and oxygen atoms in total. The largest absolute Gasteiger partial charge is 0.497 e. The number of epoxide rings is 1. The van der Waals surface area contributed by atoms with Crippen LogP contribution in [0.25, 0.3) is 0 Å². The van der Waals surface area contributed by atoms with Crippen LogP contribution in [-0.2, 0) is 4.74 Å². The number of benzene rings is 2. The molecule has 1 heterocycles. The molecule has 0 aromatic heterocycles. The van der Waals surface area contributed by atoms with Gasteiger partial charge in [0.1, 0.15) is 5.75 Å². The molecule has 0 spiro atoms. The van der Waals surface area contributed by atoms with Gasteiger partial charge in [0.15, 0.2) is 0 Å². The van der Waals surface area contributed by atoms with Crippen LogP contribution >= 0.6 is 0 Å². The Morgan fingerprint density at radius 1 is 1.20 bits per heavy atom. The van der Waals surface area contributed by atoms with Crippen LogP contribution in [0.4, 0.5) is 11.4 Å². The molecule has 1 aliphatic rings. The van der Waals surface area contributed by atoms with E-state index >= 15 is 0 Å². The van der Waals surface area contributed by atoms with Crippen molar-refractivity contribution in [3.8, 4) is 5.75 Å². The Morgan fingerprint density at radius 2 is 1.95 bits per heavy atom. The van der Waals surface area contributed by atoms with Crippen LogP contribution in [-0.4, -0.2) is 26.4 Å². The molecule has 1 aliphatic heterocycles. The number of para-hydroxylation sites is 1. The average molecular weight is 269 g/mol. The molecule has 0 aliphatic carbocycles. The Kier molecular flexibility index (Phi) is 3.61. The highest BCUT2D eigenvalue weighted by Crippen LogP contribution is 2.32. The van der Waals surface area contributed by atoms with Gasteiger partial charge in [-0.25, -0.2) is 0 Å². The van der Waals surface area contributed by atoms with Gasteiger partial charge in [0.25, 0.3) is 0 Å². The summed E-state index contributed by atoms with van der Waals surface area (Å²) in [5, 5.41) is 0. The molecule has 0 unspecified atom stereocenters. The summed E-state index contributed by atoms with van der Waals surface area (Å²) in [7, 11) is 1.70. The summed E-state index contributed by atoms with van der Waals surface area (Å²) in [4.78, 5) is 2.31. The molecule has 0 saturated carbocycles. The third kappa shape index (κ3) is 2.78. The highest BCUT2D eigenvalue weighted by Gasteiger charge is 2.27. The fraction of sp³-hybridized carbons (Fsp3) is 0.294. The number of hydrogen-bond donors (Lipinski definition) is 0. The van der Waals surface area contributed by atoms with Crippen molar-refractivity contribution in [2.75, 3.05) is 25.2 Å². The minimum absolute atomic E-state index is 0.344. The van der Waals surface area contributed by atoms with E-state index in [2.05, 4.69) is 48.2 Å². The minimum atomic E-state index is 0.344. The number of methoxy groups -OCH3 is 1. The zero-order valence-corrected chi connectivity index (χ0v) is 11.9. The van der Waals surface area contributed by atoms with E-state index in [9.17, 15) is 0 Å². The quantitative estimate of drug-likeness (QED) is 0.776. The van der Waals surface area contributed by atoms with Gasteiger partial charge >= 0.3 is 0 Å². The maximum atomic E-state index is 5.40. The number of ether oxygens (including phenoxy) is 2. The third-order valence-corrected chi connectivity index (χ3v) is 3.55. The van der Waals surface area contributed by atoms with E-state index < -0.39 is 0 Å². The predicted molar refractivity (Wildman–Crippen MR) is 80.9 cm³/mol. The molecule has 2 aromatic rings. The molecule has 0 bridgehead atoms. The Morgan fingerprint density at radius 3 is 2.55 bits per heavy atom. The summed E-state index contributed by atoms with van der Waals surface area (Å²) in [5.74, 6) is 0.891. The van der Waals surface area contributed by atoms with Crippen LogP contribution in [0.5, 0.6) is 5.75 Å². The summed E-state index contributed by atoms with van der Waals surface area (Å²) in [5.41, 5.74) is 3.60. The standard InChI is InChI=1S/C17H19NO2/c1-13-10-15(19-2)8-9-17(13)18(11-16-12-20-16)14-6-4-3-5-7-14/h3-10,16H,11-12H2,1-2H3/t16-/m1/s1. The smallest absolute Gasteiger partial charge is 0.119 e. The third-order valence-electron chi connectivity index (χ3n) is 3.55. The monoisotopic (exact) mass is 269 g/mol. The van der Waals surface area contributed by atoms with Crippen LogP contribution in [0.1, 0.15) is 5.56 Å². The Bertz CT molecular complexity index is 579. The van der Waals surface area contributed by atoms with E-state index in [0.29, 0.717) is 6.10 Å². The first kappa shape index (κ1) is 13.0. The van der Waals surface area contributed by atoms with Crippen molar-refractivity contribution in [1.29, 1.82) is 0 Å². The number of hydrogen-bond acceptors (Lipinski definition) is 3. The fourth-order valence-corrected chi connectivity index (χ4v) is 2.39. The molecule has 2 aromatic carbocycles. The maximum absolute atomic E-state index is 5.40. The number of anilines is 2. The van der Waals surface area contributed by atoms with Gasteiger partial charge < -0.3 is 14.4 Å². The number of aryl methyl sites for hydroxylation is 1. The second-order valence-corrected chi connectivity index (χ2v) is 5.05. The average Bonchev–Trinajstić information content (AvgIpc) is 3.30. The molecule has 1 saturated heterocycles. The van der Waals surface area contributed by atoms with Gasteiger partial charge in [-0.3, -0.25) is 0 Å². The van der Waals surface area contributed by atoms with Crippen LogP contribution in [0.2, 0.25) is 0 Å². The van der Waals surface area contributed by atoms with Crippen LogP contribution in [0.3, 0.4) is 0 Å². The van der Waals surface area contributed by atoms with Gasteiger partial charge in [-0.05, 0) is 42.8 Å². The van der Waals surface area contributed by atoms with E-state index in [-0.39, 0.29) is 0 Å². The second kappa shape index (κ2) is 5.55. The molecule has 0 N–H and O–H groups in total. The van der Waals surface area contributed by atoms with Crippen molar-refractivity contribution < 1.29 is 9.47 Å². The van der Waals surface area contributed by atoms with Crippen molar-refractivity contribution in [3.63, 3.8) is 0 Å². The maximum Gasteiger partial charge on any atom is 0.119 e. The van der Waals surface area contributed by atoms with E-state index in [1.165, 1.54) is 16.9 Å². The normalized spacial score (nSPS) is 16.8. The fourth-order valence-electron chi connectivity index (χ4n) is 2.39. The van der Waals surface area contributed by atoms with E-state index in [1.807, 2.05) is 12.1 Å². The van der Waals surface area contributed by atoms with Gasteiger partial charge in [0.05, 0.1) is 26.4 Å². The van der Waals surface area contributed by atoms with E-state index in [1.54, 1.807) is 7.11 Å². The molecular weight excluding hydrogens is 250 g/mol. The van der Waals surface area contributed by atoms with Gasteiger partial charge in [0, 0.05) is 11.4 Å². The zero-order chi connectivity index (χ0) is 13.9. The highest BCUT2D eigenvalue weighted by atomic mass is 16.6. The molecular formula is C17H19NO2. The molecule has 3 rings (SSSR count). The lowest BCUT2D eigenvalue weighted by molar-refractivity contribution is 0.411. The molecule has 0 amide bonds. The Labute approximate surface area is 119 Å². The molecule has 104 valence electrons. The van der Waals surface area contributed by atoms with Crippen LogP contribution < -0.4 is 9.64 Å².